The molecular formula is C23H20F3NO3. The molecule has 1 aliphatic rings. The fraction of sp³-hybridized carbons (Fsp3) is 0.304. The lowest BCUT2D eigenvalue weighted by molar-refractivity contribution is -0.137. The van der Waals surface area contributed by atoms with E-state index in [1.807, 2.05) is 0 Å². The molecule has 4 rings (SSSR count). The second-order valence-electron chi connectivity index (χ2n) is 7.57. The van der Waals surface area contributed by atoms with E-state index in [-0.39, 0.29) is 17.1 Å². The van der Waals surface area contributed by atoms with E-state index in [0.717, 1.165) is 30.7 Å². The Morgan fingerprint density at radius 2 is 1.87 bits per heavy atom. The minimum Gasteiger partial charge on any atom is -0.464 e. The number of nitrogens with zero attached hydrogens (tertiary/aromatic N) is 1. The van der Waals surface area contributed by atoms with Gasteiger partial charge < -0.3 is 9.32 Å². The number of ketones is 1. The minimum atomic E-state index is -4.33. The molecule has 1 atom stereocenters. The number of alkyl halides is 3. The number of carbonyl (C=O) groups excluding carboxylic acids is 1. The van der Waals surface area contributed by atoms with E-state index in [1.54, 1.807) is 30.3 Å². The molecule has 2 heterocycles. The van der Waals surface area contributed by atoms with Gasteiger partial charge in [-0.1, -0.05) is 18.2 Å². The zero-order valence-electron chi connectivity index (χ0n) is 16.1. The zero-order chi connectivity index (χ0) is 21.3. The van der Waals surface area contributed by atoms with E-state index < -0.39 is 11.7 Å². The number of hydrogen-bond acceptors (Lipinski definition) is 4. The van der Waals surface area contributed by atoms with Crippen LogP contribution < -0.4 is 5.43 Å². The van der Waals surface area contributed by atoms with Gasteiger partial charge in [-0.3, -0.25) is 9.59 Å². The first-order chi connectivity index (χ1) is 14.3. The van der Waals surface area contributed by atoms with Crippen molar-refractivity contribution in [3.05, 3.63) is 81.7 Å². The Labute approximate surface area is 170 Å². The predicted octanol–water partition coefficient (Wildman–Crippen LogP) is 4.87. The molecule has 3 aromatic rings. The van der Waals surface area contributed by atoms with Gasteiger partial charge in [-0.15, -0.1) is 0 Å². The molecule has 0 bridgehead atoms. The van der Waals surface area contributed by atoms with Crippen molar-refractivity contribution in [2.45, 2.75) is 24.9 Å². The first kappa shape index (κ1) is 20.3. The highest BCUT2D eigenvalue weighted by Gasteiger charge is 2.31. The SMILES string of the molecule is O=C(CCN1CCC(c2ccc(C(F)(F)F)cc2)C1)c1ccc2c(=O)ccoc2c1. The maximum absolute atomic E-state index is 12.7. The van der Waals surface area contributed by atoms with E-state index in [9.17, 15) is 22.8 Å². The van der Waals surface area contributed by atoms with Gasteiger partial charge in [0.2, 0.25) is 0 Å². The number of likely N-dealkylation sites (tertiary alicyclic amines) is 1. The molecule has 1 unspecified atom stereocenters. The average Bonchev–Trinajstić information content (AvgIpc) is 3.20. The van der Waals surface area contributed by atoms with Gasteiger partial charge in [0.05, 0.1) is 17.2 Å². The average molecular weight is 415 g/mol. The molecule has 0 aliphatic carbocycles. The summed E-state index contributed by atoms with van der Waals surface area (Å²) in [5.41, 5.74) is 0.980. The summed E-state index contributed by atoms with van der Waals surface area (Å²) < 4.78 is 43.5. The summed E-state index contributed by atoms with van der Waals surface area (Å²) in [6, 6.07) is 11.5. The van der Waals surface area contributed by atoms with Crippen LogP contribution in [0.25, 0.3) is 11.0 Å². The Morgan fingerprint density at radius 1 is 1.10 bits per heavy atom. The molecule has 1 saturated heterocycles. The van der Waals surface area contributed by atoms with Crippen LogP contribution in [0.2, 0.25) is 0 Å². The Balaban J connectivity index is 1.35. The van der Waals surface area contributed by atoms with Gasteiger partial charge in [0.1, 0.15) is 5.58 Å². The highest BCUT2D eigenvalue weighted by atomic mass is 19.4. The van der Waals surface area contributed by atoms with Crippen molar-refractivity contribution >= 4 is 16.8 Å². The largest absolute Gasteiger partial charge is 0.464 e. The number of Topliss-reactive ketones (excluding diaryl/α,β-unsaturated/α-hetero) is 1. The van der Waals surface area contributed by atoms with E-state index >= 15 is 0 Å². The first-order valence-electron chi connectivity index (χ1n) is 9.75. The van der Waals surface area contributed by atoms with Gasteiger partial charge in [0, 0.05) is 31.1 Å². The Morgan fingerprint density at radius 3 is 2.60 bits per heavy atom. The fourth-order valence-corrected chi connectivity index (χ4v) is 3.91. The Bertz CT molecular complexity index is 1120. The van der Waals surface area contributed by atoms with Crippen molar-refractivity contribution in [3.8, 4) is 0 Å². The van der Waals surface area contributed by atoms with Gasteiger partial charge in [0.25, 0.3) is 0 Å². The van der Waals surface area contributed by atoms with Gasteiger partial charge >= 0.3 is 6.18 Å². The molecule has 0 N–H and O–H groups in total. The zero-order valence-corrected chi connectivity index (χ0v) is 16.1. The quantitative estimate of drug-likeness (QED) is 0.558. The second kappa shape index (κ2) is 8.07. The smallest absolute Gasteiger partial charge is 0.416 e. The normalized spacial score (nSPS) is 17.5. The van der Waals surface area contributed by atoms with Crippen molar-refractivity contribution in [2.75, 3.05) is 19.6 Å². The van der Waals surface area contributed by atoms with E-state index in [0.29, 0.717) is 36.0 Å². The lowest BCUT2D eigenvalue weighted by Gasteiger charge is -2.16. The monoisotopic (exact) mass is 415 g/mol. The van der Waals surface area contributed by atoms with Crippen LogP contribution in [-0.4, -0.2) is 30.3 Å². The summed E-state index contributed by atoms with van der Waals surface area (Å²) in [6.45, 7) is 2.09. The summed E-state index contributed by atoms with van der Waals surface area (Å²) in [6.07, 6.45) is -1.85. The van der Waals surface area contributed by atoms with Crippen molar-refractivity contribution < 1.29 is 22.4 Å². The van der Waals surface area contributed by atoms with Crippen LogP contribution in [0.3, 0.4) is 0 Å². The number of halogens is 3. The summed E-state index contributed by atoms with van der Waals surface area (Å²) in [5.74, 6) is 0.124. The predicted molar refractivity (Wildman–Crippen MR) is 107 cm³/mol. The lowest BCUT2D eigenvalue weighted by Crippen LogP contribution is -2.23. The summed E-state index contributed by atoms with van der Waals surface area (Å²) in [4.78, 5) is 26.5. The molecule has 2 aromatic carbocycles. The molecule has 0 spiro atoms. The summed E-state index contributed by atoms with van der Waals surface area (Å²) in [5, 5.41) is 0.438. The molecule has 0 radical (unpaired) electrons. The van der Waals surface area contributed by atoms with Crippen LogP contribution in [0.1, 0.15) is 40.2 Å². The molecular weight excluding hydrogens is 395 g/mol. The second-order valence-corrected chi connectivity index (χ2v) is 7.57. The van der Waals surface area contributed by atoms with E-state index in [1.165, 1.54) is 12.3 Å². The Hall–Kier alpha value is -2.93. The van der Waals surface area contributed by atoms with Crippen molar-refractivity contribution in [3.63, 3.8) is 0 Å². The topological polar surface area (TPSA) is 50.5 Å². The lowest BCUT2D eigenvalue weighted by atomic mass is 9.97. The highest BCUT2D eigenvalue weighted by Crippen LogP contribution is 2.32. The van der Waals surface area contributed by atoms with Gasteiger partial charge in [-0.25, -0.2) is 0 Å². The molecule has 156 valence electrons. The number of fused-ring (bicyclic) bond motifs is 1. The first-order valence-corrected chi connectivity index (χ1v) is 9.75. The third-order valence-electron chi connectivity index (χ3n) is 5.62. The highest BCUT2D eigenvalue weighted by molar-refractivity contribution is 5.99. The minimum absolute atomic E-state index is 0.0404. The van der Waals surface area contributed by atoms with E-state index in [4.69, 9.17) is 4.42 Å². The number of carbonyl (C=O) groups is 1. The number of hydrogen-bond donors (Lipinski definition) is 0. The summed E-state index contributed by atoms with van der Waals surface area (Å²) in [7, 11) is 0. The van der Waals surface area contributed by atoms with Crippen molar-refractivity contribution in [1.29, 1.82) is 0 Å². The third-order valence-corrected chi connectivity index (χ3v) is 5.62. The van der Waals surface area contributed by atoms with Crippen molar-refractivity contribution in [2.24, 2.45) is 0 Å². The molecule has 0 amide bonds. The maximum Gasteiger partial charge on any atom is 0.416 e. The van der Waals surface area contributed by atoms with Gasteiger partial charge in [-0.05, 0) is 48.7 Å². The standard InChI is InChI=1S/C23H20F3NO3/c24-23(25,26)18-4-1-15(2-5-18)17-7-10-27(14-17)11-8-20(28)16-3-6-19-21(29)9-12-30-22(19)13-16/h1-6,9,12-13,17H,7-8,10-11,14H2. The van der Waals surface area contributed by atoms with Gasteiger partial charge in [-0.2, -0.15) is 13.2 Å². The molecule has 30 heavy (non-hydrogen) atoms. The van der Waals surface area contributed by atoms with Crippen LogP contribution in [0.15, 0.2) is 64.0 Å². The van der Waals surface area contributed by atoms with Crippen LogP contribution in [0.5, 0.6) is 0 Å². The van der Waals surface area contributed by atoms with Crippen molar-refractivity contribution in [1.82, 2.24) is 4.90 Å². The molecule has 7 heteroatoms. The molecule has 0 saturated carbocycles. The molecule has 1 aromatic heterocycles. The van der Waals surface area contributed by atoms with Crippen LogP contribution in [-0.2, 0) is 6.18 Å². The van der Waals surface area contributed by atoms with Crippen LogP contribution in [0, 0.1) is 0 Å². The maximum atomic E-state index is 12.7. The third kappa shape index (κ3) is 4.31. The molecule has 1 aliphatic heterocycles. The number of rotatable bonds is 5. The molecule has 1 fully saturated rings. The Kier molecular flexibility index (Phi) is 5.47. The summed E-state index contributed by atoms with van der Waals surface area (Å²) >= 11 is 0. The van der Waals surface area contributed by atoms with Crippen LogP contribution in [0.4, 0.5) is 13.2 Å². The van der Waals surface area contributed by atoms with Gasteiger partial charge in [0.15, 0.2) is 11.2 Å². The van der Waals surface area contributed by atoms with E-state index in [2.05, 4.69) is 4.90 Å². The molecule has 4 nitrogen and oxygen atoms in total. The van der Waals surface area contributed by atoms with Crippen LogP contribution >= 0.6 is 0 Å². The fourth-order valence-electron chi connectivity index (χ4n) is 3.91. The number of benzene rings is 2.